The van der Waals surface area contributed by atoms with Gasteiger partial charge in [-0.2, -0.15) is 12.8 Å². The molecule has 0 aliphatic heterocycles. The molecule has 0 aliphatic rings. The molecule has 9 nitrogen and oxygen atoms in total. The van der Waals surface area contributed by atoms with Crippen LogP contribution >= 0.6 is 0 Å². The summed E-state index contributed by atoms with van der Waals surface area (Å²) < 4.78 is 65.8. The number of nitrogens with zero attached hydrogens (tertiary/aromatic N) is 2. The maximum absolute atomic E-state index is 15.1. The van der Waals surface area contributed by atoms with Crippen LogP contribution in [0.4, 0.5) is 13.6 Å². The van der Waals surface area contributed by atoms with Gasteiger partial charge in [0.25, 0.3) is 0 Å². The molecule has 1 amide bonds. The molecule has 3 aromatic rings. The van der Waals surface area contributed by atoms with Gasteiger partial charge >= 0.3 is 16.1 Å². The zero-order valence-electron chi connectivity index (χ0n) is 15.7. The van der Waals surface area contributed by atoms with E-state index in [1.807, 2.05) is 0 Å². The van der Waals surface area contributed by atoms with Crippen LogP contribution < -0.4 is 5.32 Å². The second-order valence-electron chi connectivity index (χ2n) is 5.96. The van der Waals surface area contributed by atoms with Crippen molar-refractivity contribution < 1.29 is 35.9 Å². The van der Waals surface area contributed by atoms with Crippen molar-refractivity contribution in [3.63, 3.8) is 0 Å². The molecule has 1 N–H and O–H groups in total. The van der Waals surface area contributed by atoms with E-state index < -0.39 is 56.6 Å². The molecular weight excluding hydrogens is 424 g/mol. The summed E-state index contributed by atoms with van der Waals surface area (Å²) >= 11 is 0. The van der Waals surface area contributed by atoms with E-state index in [2.05, 4.69) is 10.3 Å². The summed E-state index contributed by atoms with van der Waals surface area (Å²) in [5.41, 5.74) is -1.45. The molecule has 0 aliphatic carbocycles. The van der Waals surface area contributed by atoms with Gasteiger partial charge in [-0.25, -0.2) is 18.1 Å². The number of alkyl carbamates (subject to hydrolysis) is 1. The molecule has 0 atom stereocenters. The van der Waals surface area contributed by atoms with Gasteiger partial charge in [0.15, 0.2) is 17.4 Å². The SMILES string of the molecule is CNC(=O)OCc1cn(S(=O)(=O)c2ccc(C(C)=O)o2)c(-c2cccnc2F)c1F. The smallest absolute Gasteiger partial charge is 0.407 e. The van der Waals surface area contributed by atoms with Gasteiger partial charge in [0.05, 0.1) is 5.56 Å². The van der Waals surface area contributed by atoms with Gasteiger partial charge in [-0.1, -0.05) is 0 Å². The van der Waals surface area contributed by atoms with Crippen molar-refractivity contribution in [3.05, 3.63) is 59.7 Å². The van der Waals surface area contributed by atoms with Crippen LogP contribution in [0.2, 0.25) is 0 Å². The van der Waals surface area contributed by atoms with Crippen LogP contribution in [0.1, 0.15) is 23.0 Å². The Bertz CT molecular complexity index is 1230. The number of rotatable bonds is 6. The third-order valence-corrected chi connectivity index (χ3v) is 5.54. The Morgan fingerprint density at radius 2 is 2.00 bits per heavy atom. The van der Waals surface area contributed by atoms with Gasteiger partial charge in [-0.15, -0.1) is 0 Å². The molecule has 0 aromatic carbocycles. The summed E-state index contributed by atoms with van der Waals surface area (Å²) in [6, 6.07) is 4.60. The molecule has 3 aromatic heterocycles. The Morgan fingerprint density at radius 3 is 2.60 bits per heavy atom. The second-order valence-corrected chi connectivity index (χ2v) is 7.71. The molecule has 12 heteroatoms. The Hall–Kier alpha value is -3.54. The number of Topliss-reactive ketones (excluding diaryl/α,β-unsaturated/α-hetero) is 1. The Kier molecular flexibility index (Phi) is 5.69. The monoisotopic (exact) mass is 439 g/mol. The lowest BCUT2D eigenvalue weighted by Crippen LogP contribution is -2.19. The number of carbonyl (C=O) groups is 2. The molecule has 0 spiro atoms. The van der Waals surface area contributed by atoms with Gasteiger partial charge in [0.2, 0.25) is 11.0 Å². The number of ketones is 1. The van der Waals surface area contributed by atoms with Crippen molar-refractivity contribution in [2.24, 2.45) is 0 Å². The third kappa shape index (κ3) is 3.81. The van der Waals surface area contributed by atoms with E-state index in [9.17, 15) is 22.4 Å². The number of pyridine rings is 1. The summed E-state index contributed by atoms with van der Waals surface area (Å²) in [6.45, 7) is 0.551. The summed E-state index contributed by atoms with van der Waals surface area (Å²) in [6.07, 6.45) is 1.07. The number of nitrogens with one attached hydrogen (secondary N) is 1. The van der Waals surface area contributed by atoms with Gasteiger partial charge < -0.3 is 14.5 Å². The summed E-state index contributed by atoms with van der Waals surface area (Å²) in [7, 11) is -3.30. The number of hydrogen-bond donors (Lipinski definition) is 1. The first-order chi connectivity index (χ1) is 14.2. The van der Waals surface area contributed by atoms with Crippen LogP contribution in [0, 0.1) is 11.8 Å². The molecule has 30 heavy (non-hydrogen) atoms. The van der Waals surface area contributed by atoms with E-state index in [0.29, 0.717) is 3.97 Å². The Morgan fingerprint density at radius 1 is 1.27 bits per heavy atom. The fourth-order valence-electron chi connectivity index (χ4n) is 2.56. The molecule has 3 heterocycles. The zero-order chi connectivity index (χ0) is 22.1. The fourth-order valence-corrected chi connectivity index (χ4v) is 3.88. The summed E-state index contributed by atoms with van der Waals surface area (Å²) in [4.78, 5) is 26.1. The topological polar surface area (TPSA) is 120 Å². The number of aromatic nitrogens is 2. The first kappa shape index (κ1) is 21.2. The number of furan rings is 1. The quantitative estimate of drug-likeness (QED) is 0.463. The molecule has 158 valence electrons. The van der Waals surface area contributed by atoms with Crippen molar-refractivity contribution in [2.75, 3.05) is 7.05 Å². The molecule has 0 bridgehead atoms. The van der Waals surface area contributed by atoms with Crippen molar-refractivity contribution in [2.45, 2.75) is 18.6 Å². The van der Waals surface area contributed by atoms with Crippen LogP contribution in [0.3, 0.4) is 0 Å². The minimum absolute atomic E-state index is 0.224. The maximum atomic E-state index is 15.1. The van der Waals surface area contributed by atoms with E-state index in [1.165, 1.54) is 20.0 Å². The number of halogens is 2. The molecule has 0 radical (unpaired) electrons. The highest BCUT2D eigenvalue weighted by atomic mass is 32.2. The van der Waals surface area contributed by atoms with Gasteiger partial charge in [-0.3, -0.25) is 4.79 Å². The first-order valence-electron chi connectivity index (χ1n) is 8.38. The maximum Gasteiger partial charge on any atom is 0.407 e. The van der Waals surface area contributed by atoms with Gasteiger partial charge in [0.1, 0.15) is 12.3 Å². The van der Waals surface area contributed by atoms with Crippen LogP contribution in [-0.4, -0.2) is 36.3 Å². The molecular formula is C18H15F2N3O6S. The van der Waals surface area contributed by atoms with E-state index in [1.54, 1.807) is 0 Å². The lowest BCUT2D eigenvalue weighted by molar-refractivity contribution is 0.0982. The van der Waals surface area contributed by atoms with Crippen molar-refractivity contribution in [1.29, 1.82) is 0 Å². The lowest BCUT2D eigenvalue weighted by Gasteiger charge is -2.09. The highest BCUT2D eigenvalue weighted by Crippen LogP contribution is 2.32. The Labute approximate surface area is 169 Å². The predicted octanol–water partition coefficient (Wildman–Crippen LogP) is 2.72. The molecule has 0 unspecified atom stereocenters. The van der Waals surface area contributed by atoms with Crippen molar-refractivity contribution >= 4 is 21.9 Å². The first-order valence-corrected chi connectivity index (χ1v) is 9.82. The highest BCUT2D eigenvalue weighted by Gasteiger charge is 2.31. The fraction of sp³-hybridized carbons (Fsp3) is 0.167. The van der Waals surface area contributed by atoms with Crippen molar-refractivity contribution in [3.8, 4) is 11.3 Å². The van der Waals surface area contributed by atoms with Crippen LogP contribution in [0.5, 0.6) is 0 Å². The molecule has 0 saturated carbocycles. The number of carbonyl (C=O) groups excluding carboxylic acids is 2. The summed E-state index contributed by atoms with van der Waals surface area (Å²) in [5, 5.41) is 1.50. The average Bonchev–Trinajstić information content (AvgIpc) is 3.33. The third-order valence-electron chi connectivity index (χ3n) is 4.00. The minimum Gasteiger partial charge on any atom is -0.445 e. The van der Waals surface area contributed by atoms with Crippen LogP contribution in [0.15, 0.2) is 46.2 Å². The lowest BCUT2D eigenvalue weighted by atomic mass is 10.2. The Balaban J connectivity index is 2.20. The minimum atomic E-state index is -4.59. The van der Waals surface area contributed by atoms with E-state index in [0.717, 1.165) is 30.6 Å². The van der Waals surface area contributed by atoms with E-state index in [4.69, 9.17) is 9.15 Å². The molecule has 0 fully saturated rings. The van der Waals surface area contributed by atoms with E-state index >= 15 is 4.39 Å². The number of amides is 1. The second kappa shape index (κ2) is 8.06. The summed E-state index contributed by atoms with van der Waals surface area (Å²) in [5.74, 6) is -2.99. The predicted molar refractivity (Wildman–Crippen MR) is 98.1 cm³/mol. The van der Waals surface area contributed by atoms with Crippen molar-refractivity contribution in [1.82, 2.24) is 14.3 Å². The number of ether oxygens (including phenoxy) is 1. The van der Waals surface area contributed by atoms with E-state index in [-0.39, 0.29) is 11.3 Å². The number of hydrogen-bond acceptors (Lipinski definition) is 7. The van der Waals surface area contributed by atoms with Crippen LogP contribution in [-0.2, 0) is 21.4 Å². The molecule has 0 saturated heterocycles. The van der Waals surface area contributed by atoms with Crippen LogP contribution in [0.25, 0.3) is 11.3 Å². The largest absolute Gasteiger partial charge is 0.445 e. The van der Waals surface area contributed by atoms with Gasteiger partial charge in [0, 0.05) is 31.9 Å². The average molecular weight is 439 g/mol. The normalized spacial score (nSPS) is 11.3. The molecule has 3 rings (SSSR count). The highest BCUT2D eigenvalue weighted by molar-refractivity contribution is 7.89. The van der Waals surface area contributed by atoms with Gasteiger partial charge in [-0.05, 0) is 24.3 Å². The standard InChI is InChI=1S/C18H15F2N3O6S/c1-10(24)13-5-6-14(29-13)30(26,27)23-8-11(9-28-18(25)21-2)15(19)16(23)12-4-3-7-22-17(12)20/h3-8H,9H2,1-2H3,(H,21,25). The zero-order valence-corrected chi connectivity index (χ0v) is 16.5.